The summed E-state index contributed by atoms with van der Waals surface area (Å²) in [6.07, 6.45) is 0. The molecule has 0 aromatic heterocycles. The first-order chi connectivity index (χ1) is 12.4. The topological polar surface area (TPSA) is 117 Å². The Balaban J connectivity index is 2.25. The molecule has 1 amide bonds. The number of methoxy groups -OCH3 is 1. The number of anilines is 1. The molecule has 0 spiro atoms. The van der Waals surface area contributed by atoms with Crippen molar-refractivity contribution in [3.05, 3.63) is 54.1 Å². The quantitative estimate of drug-likeness (QED) is 0.584. The number of para-hydroxylation sites is 2. The van der Waals surface area contributed by atoms with E-state index in [9.17, 15) is 14.4 Å². The fourth-order valence-electron chi connectivity index (χ4n) is 2.13. The first kappa shape index (κ1) is 18.8. The van der Waals surface area contributed by atoms with Crippen molar-refractivity contribution in [2.75, 3.05) is 12.4 Å². The molecule has 0 aliphatic heterocycles. The van der Waals surface area contributed by atoms with E-state index in [1.54, 1.807) is 36.4 Å². The van der Waals surface area contributed by atoms with Gasteiger partial charge in [-0.1, -0.05) is 24.3 Å². The summed E-state index contributed by atoms with van der Waals surface area (Å²) in [4.78, 5) is 35.4. The van der Waals surface area contributed by atoms with E-state index >= 15 is 0 Å². The Kier molecular flexibility index (Phi) is 6.15. The van der Waals surface area contributed by atoms with Gasteiger partial charge in [-0.3, -0.25) is 9.59 Å². The smallest absolute Gasteiger partial charge is 0.337 e. The number of hydrogen-bond acceptors (Lipinski definition) is 6. The number of nitrogens with one attached hydrogen (secondary N) is 1. The summed E-state index contributed by atoms with van der Waals surface area (Å²) < 4.78 is 5.14. The van der Waals surface area contributed by atoms with Crippen molar-refractivity contribution in [3.8, 4) is 5.75 Å². The lowest BCUT2D eigenvalue weighted by molar-refractivity contribution is -0.126. The van der Waals surface area contributed by atoms with Crippen LogP contribution in [-0.2, 0) is 9.59 Å². The van der Waals surface area contributed by atoms with Crippen LogP contribution in [0.5, 0.6) is 5.75 Å². The molecule has 2 aromatic rings. The van der Waals surface area contributed by atoms with Gasteiger partial charge in [-0.15, -0.1) is 0 Å². The Morgan fingerprint density at radius 2 is 1.73 bits per heavy atom. The zero-order valence-electron chi connectivity index (χ0n) is 14.2. The molecular formula is C18H17N3O5. The van der Waals surface area contributed by atoms with Gasteiger partial charge in [0.15, 0.2) is 5.78 Å². The normalized spacial score (nSPS) is 11.8. The van der Waals surface area contributed by atoms with Crippen molar-refractivity contribution in [1.29, 1.82) is 0 Å². The zero-order valence-corrected chi connectivity index (χ0v) is 14.2. The fourth-order valence-corrected chi connectivity index (χ4v) is 2.13. The highest BCUT2D eigenvalue weighted by Crippen LogP contribution is 2.24. The molecule has 2 aromatic carbocycles. The van der Waals surface area contributed by atoms with Crippen LogP contribution in [0, 0.1) is 0 Å². The van der Waals surface area contributed by atoms with Gasteiger partial charge >= 0.3 is 5.97 Å². The van der Waals surface area contributed by atoms with Gasteiger partial charge in [-0.2, -0.15) is 10.2 Å². The number of rotatable bonds is 7. The summed E-state index contributed by atoms with van der Waals surface area (Å²) in [6, 6.07) is 11.2. The van der Waals surface area contributed by atoms with Gasteiger partial charge in [0.05, 0.1) is 24.0 Å². The second kappa shape index (κ2) is 8.52. The van der Waals surface area contributed by atoms with Crippen LogP contribution < -0.4 is 10.1 Å². The number of Topliss-reactive ketones (excluding diaryl/α,β-unsaturated/α-hetero) is 1. The van der Waals surface area contributed by atoms with Crippen molar-refractivity contribution in [2.24, 2.45) is 10.2 Å². The molecule has 1 atom stereocenters. The Labute approximate surface area is 149 Å². The highest BCUT2D eigenvalue weighted by molar-refractivity contribution is 6.10. The average molecular weight is 355 g/mol. The van der Waals surface area contributed by atoms with Crippen LogP contribution in [0.1, 0.15) is 17.3 Å². The molecule has 0 saturated carbocycles. The largest absolute Gasteiger partial charge is 0.495 e. The lowest BCUT2D eigenvalue weighted by atomic mass is 10.2. The number of ether oxygens (including phenoxy) is 1. The van der Waals surface area contributed by atoms with Gasteiger partial charge in [-0.25, -0.2) is 4.79 Å². The predicted octanol–water partition coefficient (Wildman–Crippen LogP) is 3.07. The minimum Gasteiger partial charge on any atom is -0.495 e. The summed E-state index contributed by atoms with van der Waals surface area (Å²) in [6.45, 7) is 1.20. The lowest BCUT2D eigenvalue weighted by Gasteiger charge is -2.12. The molecule has 8 heteroatoms. The number of carbonyl (C=O) groups excluding carboxylic acids is 2. The summed E-state index contributed by atoms with van der Waals surface area (Å²) in [5, 5.41) is 19.2. The monoisotopic (exact) mass is 355 g/mol. The number of carbonyl (C=O) groups is 3. The summed E-state index contributed by atoms with van der Waals surface area (Å²) >= 11 is 0. The van der Waals surface area contributed by atoms with Crippen molar-refractivity contribution < 1.29 is 24.2 Å². The molecular weight excluding hydrogens is 338 g/mol. The molecule has 134 valence electrons. The second-order valence-corrected chi connectivity index (χ2v) is 5.24. The minimum atomic E-state index is -1.42. The van der Waals surface area contributed by atoms with Crippen molar-refractivity contribution >= 4 is 29.0 Å². The molecule has 2 rings (SSSR count). The van der Waals surface area contributed by atoms with Crippen LogP contribution in [0.15, 0.2) is 58.8 Å². The highest BCUT2D eigenvalue weighted by Gasteiger charge is 2.24. The molecule has 0 saturated heterocycles. The summed E-state index contributed by atoms with van der Waals surface area (Å²) in [5.74, 6) is -1.98. The zero-order chi connectivity index (χ0) is 19.1. The van der Waals surface area contributed by atoms with E-state index in [1.165, 1.54) is 26.2 Å². The Bertz CT molecular complexity index is 863. The maximum absolute atomic E-state index is 12.4. The summed E-state index contributed by atoms with van der Waals surface area (Å²) in [5.41, 5.74) is 0.354. The maximum Gasteiger partial charge on any atom is 0.337 e. The van der Waals surface area contributed by atoms with Gasteiger partial charge in [0.2, 0.25) is 6.04 Å². The van der Waals surface area contributed by atoms with Crippen LogP contribution in [0.3, 0.4) is 0 Å². The van der Waals surface area contributed by atoms with Crippen LogP contribution in [0.4, 0.5) is 11.4 Å². The SMILES string of the molecule is COc1ccccc1NC(=O)C(N=Nc1ccccc1C(=O)O)C(C)=O. The minimum absolute atomic E-state index is 0.0522. The number of azo groups is 1. The van der Waals surface area contributed by atoms with Crippen molar-refractivity contribution in [2.45, 2.75) is 13.0 Å². The van der Waals surface area contributed by atoms with Crippen LogP contribution in [0.25, 0.3) is 0 Å². The van der Waals surface area contributed by atoms with Gasteiger partial charge in [0.1, 0.15) is 5.75 Å². The fraction of sp³-hybridized carbons (Fsp3) is 0.167. The van der Waals surface area contributed by atoms with Crippen molar-refractivity contribution in [1.82, 2.24) is 0 Å². The molecule has 2 N–H and O–H groups in total. The number of carboxylic acids is 1. The molecule has 0 aliphatic rings. The first-order valence-electron chi connectivity index (χ1n) is 7.61. The van der Waals surface area contributed by atoms with Crippen LogP contribution in [-0.4, -0.2) is 35.9 Å². The highest BCUT2D eigenvalue weighted by atomic mass is 16.5. The Morgan fingerprint density at radius 1 is 1.08 bits per heavy atom. The van der Waals surface area contributed by atoms with E-state index in [-0.39, 0.29) is 11.3 Å². The Hall–Kier alpha value is -3.55. The third-order valence-corrected chi connectivity index (χ3v) is 3.41. The maximum atomic E-state index is 12.4. The van der Waals surface area contributed by atoms with Gasteiger partial charge < -0.3 is 15.2 Å². The summed E-state index contributed by atoms with van der Waals surface area (Å²) in [7, 11) is 1.45. The molecule has 0 bridgehead atoms. The van der Waals surface area contributed by atoms with E-state index in [2.05, 4.69) is 15.5 Å². The third-order valence-electron chi connectivity index (χ3n) is 3.41. The number of aromatic carboxylic acids is 1. The molecule has 0 heterocycles. The molecule has 0 aliphatic carbocycles. The van der Waals surface area contributed by atoms with Gasteiger partial charge in [0.25, 0.3) is 5.91 Å². The molecule has 8 nitrogen and oxygen atoms in total. The second-order valence-electron chi connectivity index (χ2n) is 5.24. The molecule has 0 radical (unpaired) electrons. The third kappa shape index (κ3) is 4.50. The Morgan fingerprint density at radius 3 is 2.38 bits per heavy atom. The van der Waals surface area contributed by atoms with Crippen molar-refractivity contribution in [3.63, 3.8) is 0 Å². The number of ketones is 1. The number of hydrogen-bond donors (Lipinski definition) is 2. The number of amides is 1. The van der Waals surface area contributed by atoms with Crippen LogP contribution >= 0.6 is 0 Å². The molecule has 26 heavy (non-hydrogen) atoms. The van der Waals surface area contributed by atoms with Gasteiger partial charge in [0, 0.05) is 0 Å². The first-order valence-corrected chi connectivity index (χ1v) is 7.61. The van der Waals surface area contributed by atoms with E-state index in [1.807, 2.05) is 0 Å². The van der Waals surface area contributed by atoms with Gasteiger partial charge in [-0.05, 0) is 31.2 Å². The average Bonchev–Trinajstić information content (AvgIpc) is 2.62. The van der Waals surface area contributed by atoms with E-state index < -0.39 is 23.7 Å². The predicted molar refractivity (Wildman–Crippen MR) is 94.0 cm³/mol. The number of nitrogens with zero attached hydrogens (tertiary/aromatic N) is 2. The van der Waals surface area contributed by atoms with E-state index in [0.717, 1.165) is 0 Å². The van der Waals surface area contributed by atoms with Crippen LogP contribution in [0.2, 0.25) is 0 Å². The lowest BCUT2D eigenvalue weighted by Crippen LogP contribution is -2.32. The number of carboxylic acid groups (broad SMARTS) is 1. The van der Waals surface area contributed by atoms with E-state index in [0.29, 0.717) is 11.4 Å². The standard InChI is InChI=1S/C18H17N3O5/c1-11(22)16(17(23)19-14-9-5-6-10-15(14)26-2)21-20-13-8-4-3-7-12(13)18(24)25/h3-10,16H,1-2H3,(H,19,23)(H,24,25). The number of benzene rings is 2. The molecule has 1 unspecified atom stereocenters. The molecule has 0 fully saturated rings. The van der Waals surface area contributed by atoms with E-state index in [4.69, 9.17) is 9.84 Å².